The fourth-order valence-electron chi connectivity index (χ4n) is 3.07. The number of hydrogen-bond acceptors (Lipinski definition) is 4. The molecule has 27 heavy (non-hydrogen) atoms. The number of benzene rings is 2. The predicted octanol–water partition coefficient (Wildman–Crippen LogP) is 3.16. The molecule has 0 spiro atoms. The lowest BCUT2D eigenvalue weighted by Gasteiger charge is -2.21. The number of carbonyl (C=O) groups is 1. The first-order chi connectivity index (χ1) is 13.1. The van der Waals surface area contributed by atoms with E-state index in [1.807, 2.05) is 37.3 Å². The van der Waals surface area contributed by atoms with Crippen LogP contribution in [-0.4, -0.2) is 44.8 Å². The molecule has 0 radical (unpaired) electrons. The van der Waals surface area contributed by atoms with Gasteiger partial charge in [-0.3, -0.25) is 0 Å². The Balaban J connectivity index is 1.52. The van der Waals surface area contributed by atoms with E-state index in [0.29, 0.717) is 32.7 Å². The Labute approximate surface area is 160 Å². The highest BCUT2D eigenvalue weighted by Gasteiger charge is 2.14. The maximum absolute atomic E-state index is 12.4. The second kappa shape index (κ2) is 8.66. The van der Waals surface area contributed by atoms with E-state index in [1.165, 1.54) is 5.56 Å². The van der Waals surface area contributed by atoms with Gasteiger partial charge < -0.3 is 24.4 Å². The molecule has 0 unspecified atom stereocenters. The van der Waals surface area contributed by atoms with Crippen LogP contribution in [0.2, 0.25) is 0 Å². The van der Waals surface area contributed by atoms with Crippen LogP contribution in [0.1, 0.15) is 16.7 Å². The second-order valence-corrected chi connectivity index (χ2v) is 6.63. The first kappa shape index (κ1) is 18.9. The van der Waals surface area contributed by atoms with E-state index < -0.39 is 0 Å². The van der Waals surface area contributed by atoms with Crippen LogP contribution in [0.25, 0.3) is 0 Å². The summed E-state index contributed by atoms with van der Waals surface area (Å²) in [5, 5.41) is 2.96. The van der Waals surface area contributed by atoms with E-state index in [9.17, 15) is 4.79 Å². The largest absolute Gasteiger partial charge is 0.496 e. The highest BCUT2D eigenvalue weighted by molar-refractivity contribution is 5.73. The van der Waals surface area contributed by atoms with Crippen molar-refractivity contribution in [1.29, 1.82) is 0 Å². The lowest BCUT2D eigenvalue weighted by molar-refractivity contribution is 0.171. The first-order valence-corrected chi connectivity index (χ1v) is 9.08. The highest BCUT2D eigenvalue weighted by Crippen LogP contribution is 2.31. The Morgan fingerprint density at radius 1 is 1.15 bits per heavy atom. The second-order valence-electron chi connectivity index (χ2n) is 6.63. The Bertz CT molecular complexity index is 807. The fourth-order valence-corrected chi connectivity index (χ4v) is 3.07. The average molecular weight is 370 g/mol. The van der Waals surface area contributed by atoms with Crippen LogP contribution in [0.5, 0.6) is 17.2 Å². The van der Waals surface area contributed by atoms with Gasteiger partial charge in [0, 0.05) is 20.1 Å². The third kappa shape index (κ3) is 4.84. The molecule has 2 aromatic rings. The molecule has 1 heterocycles. The highest BCUT2D eigenvalue weighted by atomic mass is 16.6. The third-order valence-electron chi connectivity index (χ3n) is 4.48. The number of aryl methyl sites for hydroxylation is 1. The summed E-state index contributed by atoms with van der Waals surface area (Å²) in [5.74, 6) is 2.34. The molecular formula is C21H26N2O4. The summed E-state index contributed by atoms with van der Waals surface area (Å²) < 4.78 is 16.5. The molecule has 0 fully saturated rings. The van der Waals surface area contributed by atoms with Crippen molar-refractivity contribution in [3.05, 3.63) is 53.1 Å². The number of amides is 2. The van der Waals surface area contributed by atoms with Crippen molar-refractivity contribution >= 4 is 6.03 Å². The van der Waals surface area contributed by atoms with E-state index >= 15 is 0 Å². The molecule has 0 aromatic heterocycles. The van der Waals surface area contributed by atoms with Gasteiger partial charge in [-0.1, -0.05) is 23.8 Å². The van der Waals surface area contributed by atoms with Crippen LogP contribution in [0, 0.1) is 6.92 Å². The van der Waals surface area contributed by atoms with E-state index in [2.05, 4.69) is 11.4 Å². The minimum absolute atomic E-state index is 0.114. The predicted molar refractivity (Wildman–Crippen MR) is 104 cm³/mol. The SMILES string of the molecule is COc1ccc(C)cc1CCNC(=O)N(C)Cc1ccc2c(c1)OCCO2. The Kier molecular flexibility index (Phi) is 6.06. The van der Waals surface area contributed by atoms with Gasteiger partial charge in [-0.25, -0.2) is 4.79 Å². The van der Waals surface area contributed by atoms with Crippen molar-refractivity contribution in [3.63, 3.8) is 0 Å². The molecule has 2 amide bonds. The molecule has 6 nitrogen and oxygen atoms in total. The number of urea groups is 1. The van der Waals surface area contributed by atoms with Crippen molar-refractivity contribution in [2.75, 3.05) is 33.9 Å². The lowest BCUT2D eigenvalue weighted by Crippen LogP contribution is -2.37. The topological polar surface area (TPSA) is 60.0 Å². The molecular weight excluding hydrogens is 344 g/mol. The van der Waals surface area contributed by atoms with Crippen molar-refractivity contribution in [3.8, 4) is 17.2 Å². The molecule has 2 aromatic carbocycles. The van der Waals surface area contributed by atoms with Crippen molar-refractivity contribution in [2.45, 2.75) is 19.9 Å². The van der Waals surface area contributed by atoms with E-state index in [1.54, 1.807) is 19.1 Å². The summed E-state index contributed by atoms with van der Waals surface area (Å²) in [6, 6.07) is 11.7. The van der Waals surface area contributed by atoms with Gasteiger partial charge in [-0.05, 0) is 42.7 Å². The van der Waals surface area contributed by atoms with Gasteiger partial charge in [-0.15, -0.1) is 0 Å². The Morgan fingerprint density at radius 3 is 2.70 bits per heavy atom. The van der Waals surface area contributed by atoms with Crippen LogP contribution in [-0.2, 0) is 13.0 Å². The van der Waals surface area contributed by atoms with Gasteiger partial charge in [0.15, 0.2) is 11.5 Å². The summed E-state index contributed by atoms with van der Waals surface area (Å²) >= 11 is 0. The van der Waals surface area contributed by atoms with Crippen LogP contribution >= 0.6 is 0 Å². The number of rotatable bonds is 6. The molecule has 0 saturated carbocycles. The van der Waals surface area contributed by atoms with Crippen LogP contribution in [0.3, 0.4) is 0 Å². The molecule has 3 rings (SSSR count). The summed E-state index contributed by atoms with van der Waals surface area (Å²) in [6.07, 6.45) is 0.717. The van der Waals surface area contributed by atoms with Gasteiger partial charge in [0.05, 0.1) is 7.11 Å². The fraction of sp³-hybridized carbons (Fsp3) is 0.381. The summed E-state index contributed by atoms with van der Waals surface area (Å²) in [6.45, 7) is 4.21. The smallest absolute Gasteiger partial charge is 0.317 e. The number of nitrogens with one attached hydrogen (secondary N) is 1. The minimum Gasteiger partial charge on any atom is -0.496 e. The van der Waals surface area contributed by atoms with Crippen LogP contribution < -0.4 is 19.5 Å². The Morgan fingerprint density at radius 2 is 1.93 bits per heavy atom. The summed E-state index contributed by atoms with van der Waals surface area (Å²) in [4.78, 5) is 14.0. The molecule has 1 aliphatic heterocycles. The van der Waals surface area contributed by atoms with Gasteiger partial charge in [0.2, 0.25) is 0 Å². The van der Waals surface area contributed by atoms with E-state index in [0.717, 1.165) is 28.4 Å². The zero-order valence-electron chi connectivity index (χ0n) is 16.1. The van der Waals surface area contributed by atoms with Gasteiger partial charge in [-0.2, -0.15) is 0 Å². The quantitative estimate of drug-likeness (QED) is 0.849. The number of nitrogens with zero attached hydrogens (tertiary/aromatic N) is 1. The maximum Gasteiger partial charge on any atom is 0.317 e. The van der Waals surface area contributed by atoms with E-state index in [-0.39, 0.29) is 6.03 Å². The number of methoxy groups -OCH3 is 1. The van der Waals surface area contributed by atoms with Crippen molar-refractivity contribution < 1.29 is 19.0 Å². The van der Waals surface area contributed by atoms with Crippen molar-refractivity contribution in [1.82, 2.24) is 10.2 Å². The molecule has 1 N–H and O–H groups in total. The molecule has 6 heteroatoms. The molecule has 144 valence electrons. The summed E-state index contributed by atoms with van der Waals surface area (Å²) in [7, 11) is 3.44. The zero-order chi connectivity index (χ0) is 19.2. The number of carbonyl (C=O) groups excluding carboxylic acids is 1. The molecule has 0 aliphatic carbocycles. The van der Waals surface area contributed by atoms with Crippen molar-refractivity contribution in [2.24, 2.45) is 0 Å². The van der Waals surface area contributed by atoms with Crippen LogP contribution in [0.15, 0.2) is 36.4 Å². The van der Waals surface area contributed by atoms with Gasteiger partial charge >= 0.3 is 6.03 Å². The molecule has 0 atom stereocenters. The van der Waals surface area contributed by atoms with Gasteiger partial charge in [0.25, 0.3) is 0 Å². The normalized spacial score (nSPS) is 12.4. The number of fused-ring (bicyclic) bond motifs is 1. The Hall–Kier alpha value is -2.89. The minimum atomic E-state index is -0.114. The number of ether oxygens (including phenoxy) is 3. The molecule has 0 bridgehead atoms. The maximum atomic E-state index is 12.4. The van der Waals surface area contributed by atoms with E-state index in [4.69, 9.17) is 14.2 Å². The van der Waals surface area contributed by atoms with Crippen LogP contribution in [0.4, 0.5) is 4.79 Å². The number of hydrogen-bond donors (Lipinski definition) is 1. The zero-order valence-corrected chi connectivity index (χ0v) is 16.1. The first-order valence-electron chi connectivity index (χ1n) is 9.08. The lowest BCUT2D eigenvalue weighted by atomic mass is 10.1. The standard InChI is InChI=1S/C21H26N2O4/c1-15-4-6-18(25-3)17(12-15)8-9-22-21(24)23(2)14-16-5-7-19-20(13-16)27-11-10-26-19/h4-7,12-13H,8-11,14H2,1-3H3,(H,22,24). The molecule has 1 aliphatic rings. The van der Waals surface area contributed by atoms with Gasteiger partial charge in [0.1, 0.15) is 19.0 Å². The monoisotopic (exact) mass is 370 g/mol. The average Bonchev–Trinajstić information content (AvgIpc) is 2.68. The third-order valence-corrected chi connectivity index (χ3v) is 4.48. The molecule has 0 saturated heterocycles. The summed E-state index contributed by atoms with van der Waals surface area (Å²) in [5.41, 5.74) is 3.26.